The van der Waals surface area contributed by atoms with E-state index in [4.69, 9.17) is 37.4 Å². The van der Waals surface area contributed by atoms with E-state index in [1.807, 2.05) is 0 Å². The number of nitrogens with one attached hydrogen (secondary N) is 6. The third kappa shape index (κ3) is 18.3. The molecule has 0 radical (unpaired) electrons. The second kappa shape index (κ2) is 30.2. The zero-order valence-corrected chi connectivity index (χ0v) is 60.3. The van der Waals surface area contributed by atoms with Crippen molar-refractivity contribution in [3.05, 3.63) is 124 Å². The van der Waals surface area contributed by atoms with Gasteiger partial charge < -0.3 is 46.1 Å². The second-order valence-electron chi connectivity index (χ2n) is 21.5. The molecule has 1 aliphatic rings. The van der Waals surface area contributed by atoms with Gasteiger partial charge >= 0.3 is 0 Å². The van der Waals surface area contributed by atoms with E-state index in [1.165, 1.54) is 64.7 Å². The first-order valence-corrected chi connectivity index (χ1v) is 38.3. The Morgan fingerprint density at radius 1 is 0.425 bits per heavy atom. The van der Waals surface area contributed by atoms with E-state index >= 15 is 0 Å². The van der Waals surface area contributed by atoms with E-state index < -0.39 is 141 Å². The van der Waals surface area contributed by atoms with Crippen molar-refractivity contribution in [3.8, 4) is 17.2 Å². The Labute approximate surface area is 607 Å². The molecular formula is C57H48Cl2N18O23S6. The van der Waals surface area contributed by atoms with Crippen LogP contribution in [-0.2, 0) is 70.3 Å². The number of ether oxygens (including phenoxy) is 3. The number of carbonyl (C=O) groups is 2. The average Bonchev–Trinajstić information content (AvgIpc) is 0.758. The fraction of sp³-hybridized carbons (Fsp3) is 0.123. The van der Waals surface area contributed by atoms with Crippen molar-refractivity contribution in [2.45, 2.75) is 51.2 Å². The van der Waals surface area contributed by atoms with E-state index in [0.29, 0.717) is 24.3 Å². The molecule has 554 valence electrons. The summed E-state index contributed by atoms with van der Waals surface area (Å²) in [4.78, 5) is 45.2. The third-order valence-electron chi connectivity index (χ3n) is 14.3. The highest BCUT2D eigenvalue weighted by molar-refractivity contribution is 7.90. The molecule has 0 atom stereocenters. The van der Waals surface area contributed by atoms with Crippen LogP contribution in [0.4, 0.5) is 86.4 Å². The van der Waals surface area contributed by atoms with Crippen LogP contribution in [0.1, 0.15) is 26.7 Å². The van der Waals surface area contributed by atoms with Gasteiger partial charge in [-0.3, -0.25) is 36.9 Å². The van der Waals surface area contributed by atoms with Crippen molar-refractivity contribution in [1.29, 1.82) is 0 Å². The van der Waals surface area contributed by atoms with Crippen LogP contribution in [0, 0.1) is 0 Å². The molecule has 2 amide bonds. The fourth-order valence-electron chi connectivity index (χ4n) is 9.92. The van der Waals surface area contributed by atoms with Crippen LogP contribution in [0.5, 0.6) is 17.2 Å². The largest absolute Gasteiger partial charge is 0.494 e. The first-order chi connectivity index (χ1) is 49.6. The summed E-state index contributed by atoms with van der Waals surface area (Å²) in [6.45, 7) is 2.30. The molecule has 2 aromatic heterocycles. The first kappa shape index (κ1) is 77.6. The number of carbonyl (C=O) groups excluding carboxylic acids is 2. The molecule has 10 rings (SSSR count). The molecule has 0 unspecified atom stereocenters. The standard InChI is InChI=1S/C57H48Cl2N18O23S6/c1-25(78)60-34-19-40(44(98-3)22-37(34)74-72-28-15-32-30(49(16-28)104(89,90)91)9-8-12-47(32)102(83,84)85)63-55-67-52(58)66-54(70-55)62-36-21-42(46(100-5)24-39(36)76-77-43-18-31-27(14-51(43)106(95,96)97)13-29(101(80,81)82)17-50(31)105(92,93)94)65-57-69-53(59)68-56(71-57)64-41-20-35(61-26(2)79)38(23-45(41)99-4)75-73-33-10-6-7-11-48(33)103(86,87)88/h6,8-10,12-24H,7,11H2,1-5H3,(H,60,78)(H,61,79)(H,80,81,82)(H,83,84,85)(H,86,87,88)(H,89,90,91)(H,92,93,94)(H,95,96,97)(H2,62,63,66,67,70)(H2,64,65,68,69,71). The number of hydrogen-bond acceptors (Lipinski definition) is 33. The lowest BCUT2D eigenvalue weighted by molar-refractivity contribution is -0.115. The number of azo groups is 3. The van der Waals surface area contributed by atoms with Crippen molar-refractivity contribution < 1.29 is 102 Å². The van der Waals surface area contributed by atoms with Crippen molar-refractivity contribution >= 4 is 204 Å². The highest BCUT2D eigenvalue weighted by Crippen LogP contribution is 2.45. The molecule has 0 fully saturated rings. The number of aromatic nitrogens is 6. The summed E-state index contributed by atoms with van der Waals surface area (Å²) in [5, 5.41) is 38.2. The van der Waals surface area contributed by atoms with E-state index in [2.05, 4.69) is 92.5 Å². The topological polar surface area (TPSA) is 612 Å². The van der Waals surface area contributed by atoms with Crippen molar-refractivity contribution in [2.24, 2.45) is 30.7 Å². The Balaban J connectivity index is 1.06. The number of allylic oxidation sites excluding steroid dienone is 3. The summed E-state index contributed by atoms with van der Waals surface area (Å²) in [6.07, 6.45) is 3.17. The Hall–Kier alpha value is -11.1. The SMILES string of the molecule is COc1cc(N=Nc2cc(S(=O)(=O)O)c3cccc(S(=O)(=O)O)c3c2)c(NC(C)=O)cc1Nc1nc(Cl)nc(Nc2cc(Nc3nc(Cl)nc(Nc4cc(NC(C)=O)c(N=NC5=C(S(=O)(=O)O)CCC=C5)cc4OC)n3)c(OC)cc2N=Nc2cc3c(S(=O)(=O)O)cc(S(=O)(=O)O)cc3cc2S(=O)(=O)O)n1. The lowest BCUT2D eigenvalue weighted by Gasteiger charge is -2.17. The Morgan fingerprint density at radius 2 is 0.858 bits per heavy atom. The smallest absolute Gasteiger partial charge is 0.296 e. The molecule has 106 heavy (non-hydrogen) atoms. The highest BCUT2D eigenvalue weighted by Gasteiger charge is 2.28. The van der Waals surface area contributed by atoms with Gasteiger partial charge in [-0.05, 0) is 108 Å². The summed E-state index contributed by atoms with van der Waals surface area (Å²) in [5.74, 6) is -3.12. The molecule has 41 nitrogen and oxygen atoms in total. The number of hydrogen-bond donors (Lipinski definition) is 12. The van der Waals surface area contributed by atoms with Crippen LogP contribution in [-0.4, -0.2) is 141 Å². The van der Waals surface area contributed by atoms with Gasteiger partial charge in [0.25, 0.3) is 60.7 Å². The molecule has 0 spiro atoms. The van der Waals surface area contributed by atoms with Gasteiger partial charge in [-0.2, -0.15) is 85.5 Å². The maximum atomic E-state index is 13.0. The molecule has 7 aromatic carbocycles. The molecule has 0 aliphatic heterocycles. The van der Waals surface area contributed by atoms with Gasteiger partial charge in [-0.25, -0.2) is 0 Å². The number of halogens is 2. The molecule has 0 saturated carbocycles. The number of rotatable bonds is 25. The Bertz CT molecular complexity index is 6120. The molecule has 1 aliphatic carbocycles. The third-order valence-corrected chi connectivity index (χ3v) is 20.1. The van der Waals surface area contributed by atoms with Crippen LogP contribution in [0.2, 0.25) is 10.6 Å². The second-order valence-corrected chi connectivity index (χ2v) is 30.6. The van der Waals surface area contributed by atoms with Crippen LogP contribution < -0.4 is 46.1 Å². The molecule has 9 aromatic rings. The molecule has 49 heteroatoms. The summed E-state index contributed by atoms with van der Waals surface area (Å²) < 4.78 is 227. The van der Waals surface area contributed by atoms with E-state index in [0.717, 1.165) is 43.3 Å². The van der Waals surface area contributed by atoms with Crippen LogP contribution in [0.25, 0.3) is 21.5 Å². The number of fused-ring (bicyclic) bond motifs is 2. The van der Waals surface area contributed by atoms with Crippen LogP contribution in [0.15, 0.2) is 169 Å². The minimum atomic E-state index is -5.44. The zero-order valence-electron chi connectivity index (χ0n) is 53.9. The molecular weight excluding hydrogens is 1570 g/mol. The summed E-state index contributed by atoms with van der Waals surface area (Å²) in [7, 11) is -27.2. The lowest BCUT2D eigenvalue weighted by atomic mass is 10.1. The normalized spacial score (nSPS) is 13.2. The number of benzene rings is 7. The lowest BCUT2D eigenvalue weighted by Crippen LogP contribution is -2.09. The van der Waals surface area contributed by atoms with Crippen LogP contribution in [0.3, 0.4) is 0 Å². The minimum Gasteiger partial charge on any atom is -0.494 e. The number of anilines is 10. The summed E-state index contributed by atoms with van der Waals surface area (Å²) >= 11 is 13.0. The molecule has 0 bridgehead atoms. The predicted molar refractivity (Wildman–Crippen MR) is 377 cm³/mol. The van der Waals surface area contributed by atoms with Gasteiger partial charge in [0.1, 0.15) is 65.3 Å². The van der Waals surface area contributed by atoms with Crippen LogP contribution >= 0.6 is 23.2 Å². The monoisotopic (exact) mass is 1610 g/mol. The first-order valence-electron chi connectivity index (χ1n) is 28.9. The number of amides is 2. The van der Waals surface area contributed by atoms with Gasteiger partial charge in [0.05, 0.1) is 70.9 Å². The van der Waals surface area contributed by atoms with E-state index in [1.54, 1.807) is 6.08 Å². The average molecular weight is 1620 g/mol. The summed E-state index contributed by atoms with van der Waals surface area (Å²) in [5.41, 5.74) is -2.61. The summed E-state index contributed by atoms with van der Waals surface area (Å²) in [6, 6.07) is 14.8. The molecule has 12 N–H and O–H groups in total. The maximum absolute atomic E-state index is 13.0. The quantitative estimate of drug-likeness (QED) is 0.0187. The fourth-order valence-corrected chi connectivity index (χ4v) is 14.4. The van der Waals surface area contributed by atoms with Crippen molar-refractivity contribution in [1.82, 2.24) is 29.9 Å². The Kier molecular flexibility index (Phi) is 22.1. The highest BCUT2D eigenvalue weighted by atomic mass is 35.5. The molecule has 0 saturated heterocycles. The number of nitrogens with zero attached hydrogens (tertiary/aromatic N) is 12. The van der Waals surface area contributed by atoms with E-state index in [9.17, 15) is 87.4 Å². The van der Waals surface area contributed by atoms with Gasteiger partial charge in [0, 0.05) is 48.2 Å². The number of methoxy groups -OCH3 is 3. The van der Waals surface area contributed by atoms with Gasteiger partial charge in [-0.1, -0.05) is 18.2 Å². The van der Waals surface area contributed by atoms with Gasteiger partial charge in [0.2, 0.25) is 46.2 Å². The Morgan fingerprint density at radius 3 is 1.31 bits per heavy atom. The minimum absolute atomic E-state index is 0.00363. The van der Waals surface area contributed by atoms with Crippen molar-refractivity contribution in [3.63, 3.8) is 0 Å². The van der Waals surface area contributed by atoms with Gasteiger partial charge in [-0.15, -0.1) is 25.6 Å². The van der Waals surface area contributed by atoms with E-state index in [-0.39, 0.29) is 115 Å². The zero-order chi connectivity index (χ0) is 77.3. The van der Waals surface area contributed by atoms with Gasteiger partial charge in [0.15, 0.2) is 0 Å². The predicted octanol–water partition coefficient (Wildman–Crippen LogP) is 11.2. The van der Waals surface area contributed by atoms with Crippen molar-refractivity contribution in [2.75, 3.05) is 53.2 Å². The maximum Gasteiger partial charge on any atom is 0.296 e. The molecule has 2 heterocycles.